The Labute approximate surface area is 179 Å². The van der Waals surface area contributed by atoms with Crippen molar-refractivity contribution in [1.82, 2.24) is 0 Å². The first kappa shape index (κ1) is 28.1. The fourth-order valence-electron chi connectivity index (χ4n) is 4.05. The van der Waals surface area contributed by atoms with E-state index in [9.17, 15) is 4.79 Å². The quantitative estimate of drug-likeness (QED) is 0.127. The summed E-state index contributed by atoms with van der Waals surface area (Å²) in [5, 5.41) is 0. The topological polar surface area (TPSA) is 117 Å². The molecule has 0 amide bonds. The summed E-state index contributed by atoms with van der Waals surface area (Å²) in [5.74, 6) is -0.129. The first-order valence-electron chi connectivity index (χ1n) is 11.8. The molecule has 0 spiro atoms. The predicted molar refractivity (Wildman–Crippen MR) is 130 cm³/mol. The molecule has 0 bridgehead atoms. The van der Waals surface area contributed by atoms with Gasteiger partial charge in [-0.15, -0.1) is 0 Å². The van der Waals surface area contributed by atoms with Crippen LogP contribution in [0.3, 0.4) is 0 Å². The SMILES string of the molecule is CCCCP(CCCC)(CCCC)(CCCC)OC(=O)[C@H](N)CCCN=C(N)N. The zero-order valence-corrected chi connectivity index (χ0v) is 20.5. The molecule has 0 aliphatic carbocycles. The summed E-state index contributed by atoms with van der Waals surface area (Å²) in [4.78, 5) is 17.1. The molecule has 0 aromatic rings. The first-order valence-corrected chi connectivity index (χ1v) is 14.7. The van der Waals surface area contributed by atoms with Gasteiger partial charge in [0.05, 0.1) is 0 Å². The molecule has 0 radical (unpaired) electrons. The van der Waals surface area contributed by atoms with Gasteiger partial charge in [-0.3, -0.25) is 0 Å². The Morgan fingerprint density at radius 3 is 1.59 bits per heavy atom. The average Bonchev–Trinajstić information content (AvgIpc) is 2.71. The van der Waals surface area contributed by atoms with Crippen LogP contribution in [0.5, 0.6) is 0 Å². The summed E-state index contributed by atoms with van der Waals surface area (Å²) in [7, 11) is 0. The number of unbranched alkanes of at least 4 members (excludes halogenated alkanes) is 4. The van der Waals surface area contributed by atoms with Gasteiger partial charge in [-0.25, -0.2) is 0 Å². The molecule has 0 unspecified atom stereocenters. The molecule has 0 aliphatic heterocycles. The molecule has 1 atom stereocenters. The van der Waals surface area contributed by atoms with Gasteiger partial charge in [-0.2, -0.15) is 0 Å². The molecule has 6 nitrogen and oxygen atoms in total. The maximum atomic E-state index is 13.1. The van der Waals surface area contributed by atoms with E-state index in [2.05, 4.69) is 32.7 Å². The van der Waals surface area contributed by atoms with E-state index in [1.807, 2.05) is 0 Å². The summed E-state index contributed by atoms with van der Waals surface area (Å²) in [6.45, 7) is 6.77. The van der Waals surface area contributed by atoms with Crippen LogP contribution in [-0.2, 0) is 9.32 Å². The predicted octanol–water partition coefficient (Wildman–Crippen LogP) is 4.58. The van der Waals surface area contributed by atoms with E-state index in [4.69, 9.17) is 21.7 Å². The number of hydrogen-bond acceptors (Lipinski definition) is 4. The Kier molecular flexibility index (Phi) is 14.6. The molecule has 0 aliphatic rings. The second kappa shape index (κ2) is 15.0. The van der Waals surface area contributed by atoms with Crippen molar-refractivity contribution in [1.29, 1.82) is 0 Å². The number of nitrogens with two attached hydrogens (primary N) is 3. The summed E-state index contributed by atoms with van der Waals surface area (Å²) >= 11 is 0. The molecule has 0 aromatic carbocycles. The van der Waals surface area contributed by atoms with Gasteiger partial charge in [-0.05, 0) is 0 Å². The minimum absolute atomic E-state index is 0.0735. The van der Waals surface area contributed by atoms with Gasteiger partial charge in [0.1, 0.15) is 0 Å². The summed E-state index contributed by atoms with van der Waals surface area (Å²) in [6, 6.07) is -0.600. The van der Waals surface area contributed by atoms with Gasteiger partial charge < -0.3 is 0 Å². The van der Waals surface area contributed by atoms with Crippen molar-refractivity contribution >= 4 is 18.8 Å². The van der Waals surface area contributed by atoms with E-state index in [1.54, 1.807) is 0 Å². The van der Waals surface area contributed by atoms with Gasteiger partial charge >= 0.3 is 179 Å². The van der Waals surface area contributed by atoms with Crippen LogP contribution in [-0.4, -0.2) is 49.2 Å². The summed E-state index contributed by atoms with van der Waals surface area (Å²) in [5.41, 5.74) is 17.0. The number of nitrogens with zero attached hydrogens (tertiary/aromatic N) is 1. The minimum atomic E-state index is -2.62. The molecular weight excluding hydrogens is 383 g/mol. The van der Waals surface area contributed by atoms with Crippen molar-refractivity contribution < 1.29 is 9.32 Å². The van der Waals surface area contributed by atoms with Crippen LogP contribution in [0.25, 0.3) is 0 Å². The molecule has 0 heterocycles. The van der Waals surface area contributed by atoms with E-state index in [1.165, 1.54) is 0 Å². The van der Waals surface area contributed by atoms with E-state index in [-0.39, 0.29) is 11.9 Å². The van der Waals surface area contributed by atoms with Gasteiger partial charge in [0.15, 0.2) is 0 Å². The molecular formula is C22H49N4O2P. The van der Waals surface area contributed by atoms with Crippen molar-refractivity contribution in [2.45, 2.75) is 97.9 Å². The number of guanidine groups is 1. The normalized spacial score (nSPS) is 14.0. The summed E-state index contributed by atoms with van der Waals surface area (Å²) < 4.78 is 6.66. The van der Waals surface area contributed by atoms with Crippen LogP contribution in [0, 0.1) is 0 Å². The number of carbonyl (C=O) groups excluding carboxylic acids is 1. The van der Waals surface area contributed by atoms with E-state index < -0.39 is 12.9 Å². The van der Waals surface area contributed by atoms with Crippen LogP contribution in [0.15, 0.2) is 4.99 Å². The van der Waals surface area contributed by atoms with Crippen molar-refractivity contribution in [2.75, 3.05) is 31.2 Å². The Balaban J connectivity index is 5.58. The summed E-state index contributed by atoms with van der Waals surface area (Å²) in [6.07, 6.45) is 14.5. The molecule has 29 heavy (non-hydrogen) atoms. The van der Waals surface area contributed by atoms with Gasteiger partial charge in [0, 0.05) is 0 Å². The number of rotatable bonds is 18. The molecule has 6 N–H and O–H groups in total. The van der Waals surface area contributed by atoms with Gasteiger partial charge in [0.25, 0.3) is 0 Å². The van der Waals surface area contributed by atoms with Crippen LogP contribution in [0.2, 0.25) is 0 Å². The zero-order chi connectivity index (χ0) is 22.2. The van der Waals surface area contributed by atoms with Gasteiger partial charge in [-0.1, -0.05) is 0 Å². The molecule has 0 rings (SSSR count). The first-order chi connectivity index (χ1) is 13.8. The van der Waals surface area contributed by atoms with E-state index in [0.717, 1.165) is 76.0 Å². The van der Waals surface area contributed by atoms with Crippen LogP contribution >= 0.6 is 6.83 Å². The standard InChI is InChI=1S/C22H49N4O2P/c1-5-9-16-29(17-10-6-2,18-11-7-3,19-12-8-4)28-21(27)20(23)14-13-15-26-22(24)25/h20H,5-19,23H2,1-4H3,(H4,24,25,26)/t20-/m1/s1. The molecule has 0 aromatic heterocycles. The Morgan fingerprint density at radius 1 is 0.828 bits per heavy atom. The number of aliphatic imine (C=N–C) groups is 1. The van der Waals surface area contributed by atoms with Crippen molar-refractivity contribution in [3.05, 3.63) is 0 Å². The van der Waals surface area contributed by atoms with E-state index in [0.29, 0.717) is 19.4 Å². The maximum absolute atomic E-state index is 13.1. The molecule has 0 fully saturated rings. The fraction of sp³-hybridized carbons (Fsp3) is 0.909. The molecule has 0 saturated carbocycles. The van der Waals surface area contributed by atoms with Crippen LogP contribution in [0.4, 0.5) is 0 Å². The van der Waals surface area contributed by atoms with Crippen molar-refractivity contribution in [2.24, 2.45) is 22.2 Å². The van der Waals surface area contributed by atoms with Crippen LogP contribution < -0.4 is 17.2 Å². The van der Waals surface area contributed by atoms with Crippen molar-refractivity contribution in [3.63, 3.8) is 0 Å². The third-order valence-corrected chi connectivity index (χ3v) is 12.4. The Morgan fingerprint density at radius 2 is 1.24 bits per heavy atom. The monoisotopic (exact) mass is 432 g/mol. The molecule has 7 heteroatoms. The Hall–Kier alpha value is -0.870. The average molecular weight is 433 g/mol. The van der Waals surface area contributed by atoms with E-state index >= 15 is 0 Å². The molecule has 174 valence electrons. The second-order valence-corrected chi connectivity index (χ2v) is 14.3. The third-order valence-electron chi connectivity index (χ3n) is 5.93. The Bertz CT molecular complexity index is 438. The third kappa shape index (κ3) is 10.6. The number of hydrogen-bond donors (Lipinski definition) is 3. The van der Waals surface area contributed by atoms with Crippen LogP contribution in [0.1, 0.15) is 91.9 Å². The molecule has 0 saturated heterocycles. The van der Waals surface area contributed by atoms with Gasteiger partial charge in [0.2, 0.25) is 0 Å². The second-order valence-electron chi connectivity index (χ2n) is 8.63. The van der Waals surface area contributed by atoms with Crippen molar-refractivity contribution in [3.8, 4) is 0 Å². The number of carbonyl (C=O) groups is 1. The fourth-order valence-corrected chi connectivity index (χ4v) is 10.9. The zero-order valence-electron chi connectivity index (χ0n) is 19.6.